The van der Waals surface area contributed by atoms with Crippen molar-refractivity contribution in [2.75, 3.05) is 6.54 Å². The van der Waals surface area contributed by atoms with Crippen LogP contribution in [-0.2, 0) is 25.6 Å². The topological polar surface area (TPSA) is 226 Å². The molecule has 0 saturated carbocycles. The second-order valence-corrected chi connectivity index (χ2v) is 9.05. The van der Waals surface area contributed by atoms with E-state index in [1.54, 1.807) is 12.1 Å². The van der Waals surface area contributed by atoms with Gasteiger partial charge in [-0.05, 0) is 40.6 Å². The lowest BCUT2D eigenvalue weighted by Crippen LogP contribution is -2.53. The smallest absolute Gasteiger partial charge is 0.326 e. The molecule has 9 N–H and O–H groups in total. The zero-order chi connectivity index (χ0) is 29.9. The Morgan fingerprint density at radius 1 is 0.829 bits per heavy atom. The maximum atomic E-state index is 12.9. The highest BCUT2D eigenvalue weighted by Gasteiger charge is 2.28. The molecule has 0 aliphatic rings. The van der Waals surface area contributed by atoms with Crippen molar-refractivity contribution in [1.82, 2.24) is 16.0 Å². The summed E-state index contributed by atoms with van der Waals surface area (Å²) in [6.07, 6.45) is -1.10. The number of aliphatic imine (C=N–C) groups is 1. The van der Waals surface area contributed by atoms with Crippen LogP contribution in [0.1, 0.15) is 28.8 Å². The number of amides is 3. The molecular weight excluding hydrogens is 532 g/mol. The van der Waals surface area contributed by atoms with Gasteiger partial charge in [0.2, 0.25) is 11.8 Å². The molecule has 0 saturated heterocycles. The fourth-order valence-electron chi connectivity index (χ4n) is 4.04. The van der Waals surface area contributed by atoms with Crippen LogP contribution in [0, 0.1) is 0 Å². The summed E-state index contributed by atoms with van der Waals surface area (Å²) in [7, 11) is 0. The Balaban J connectivity index is 1.58. The predicted molar refractivity (Wildman–Crippen MR) is 150 cm³/mol. The van der Waals surface area contributed by atoms with Gasteiger partial charge in [-0.2, -0.15) is 0 Å². The normalized spacial score (nSPS) is 12.0. The van der Waals surface area contributed by atoms with Gasteiger partial charge in [0, 0.05) is 24.9 Å². The monoisotopic (exact) mass is 562 g/mol. The second kappa shape index (κ2) is 14.1. The van der Waals surface area contributed by atoms with E-state index >= 15 is 0 Å². The summed E-state index contributed by atoms with van der Waals surface area (Å²) < 4.78 is 0. The molecule has 3 aromatic rings. The van der Waals surface area contributed by atoms with Crippen molar-refractivity contribution in [3.8, 4) is 0 Å². The van der Waals surface area contributed by atoms with Gasteiger partial charge in [-0.3, -0.25) is 19.2 Å². The minimum atomic E-state index is -1.53. The summed E-state index contributed by atoms with van der Waals surface area (Å²) in [4.78, 5) is 64.9. The fraction of sp³-hybridized carbons (Fsp3) is 0.214. The third-order valence-electron chi connectivity index (χ3n) is 5.97. The average Bonchev–Trinajstić information content (AvgIpc) is 2.92. The Bertz CT molecular complexity index is 1460. The standard InChI is InChI=1S/C28H30N6O7/c29-28(30)32-19-10-8-17(9-11-19)25(38)31-13-12-23(35)33-21(15-24(36)37)26(39)34-22(27(40)41)14-18-6-3-5-16-4-1-2-7-20(16)18/h1-11,21-22H,12-15H2,(H,31,38)(H,33,35)(H,34,39)(H,36,37)(H,40,41)(H4,29,30,32)/t21-,22+/m0/s1. The van der Waals surface area contributed by atoms with Gasteiger partial charge in [0.25, 0.3) is 5.91 Å². The van der Waals surface area contributed by atoms with Gasteiger partial charge in [0.05, 0.1) is 12.1 Å². The summed E-state index contributed by atoms with van der Waals surface area (Å²) in [5, 5.41) is 27.9. The number of rotatable bonds is 13. The highest BCUT2D eigenvalue weighted by atomic mass is 16.4. The third-order valence-corrected chi connectivity index (χ3v) is 5.97. The Morgan fingerprint density at radius 3 is 2.17 bits per heavy atom. The van der Waals surface area contributed by atoms with Gasteiger partial charge in [-0.1, -0.05) is 42.5 Å². The minimum absolute atomic E-state index is 0.0604. The van der Waals surface area contributed by atoms with Crippen LogP contribution >= 0.6 is 0 Å². The number of nitrogens with one attached hydrogen (secondary N) is 3. The molecule has 0 aliphatic carbocycles. The van der Waals surface area contributed by atoms with Crippen LogP contribution in [0.4, 0.5) is 5.69 Å². The molecule has 0 aliphatic heterocycles. The first-order valence-corrected chi connectivity index (χ1v) is 12.5. The predicted octanol–water partition coefficient (Wildman–Crippen LogP) is 0.636. The lowest BCUT2D eigenvalue weighted by Gasteiger charge is -2.21. The molecule has 0 fully saturated rings. The molecular formula is C28H30N6O7. The van der Waals surface area contributed by atoms with Gasteiger partial charge in [-0.25, -0.2) is 9.79 Å². The van der Waals surface area contributed by atoms with Crippen molar-refractivity contribution in [1.29, 1.82) is 0 Å². The van der Waals surface area contributed by atoms with Gasteiger partial charge in [-0.15, -0.1) is 0 Å². The molecule has 13 nitrogen and oxygen atoms in total. The van der Waals surface area contributed by atoms with Gasteiger partial charge < -0.3 is 37.6 Å². The van der Waals surface area contributed by atoms with Crippen LogP contribution in [0.3, 0.4) is 0 Å². The molecule has 0 unspecified atom stereocenters. The first kappa shape index (κ1) is 30.1. The molecule has 0 aromatic heterocycles. The number of carboxylic acids is 2. The maximum Gasteiger partial charge on any atom is 0.326 e. The van der Waals surface area contributed by atoms with E-state index in [0.29, 0.717) is 11.3 Å². The molecule has 3 aromatic carbocycles. The number of benzene rings is 3. The molecule has 0 radical (unpaired) electrons. The number of aliphatic carboxylic acids is 2. The van der Waals surface area contributed by atoms with E-state index < -0.39 is 48.2 Å². The van der Waals surface area contributed by atoms with Crippen molar-refractivity contribution in [3.05, 3.63) is 77.9 Å². The first-order chi connectivity index (χ1) is 19.5. The highest BCUT2D eigenvalue weighted by Crippen LogP contribution is 2.20. The zero-order valence-electron chi connectivity index (χ0n) is 21.9. The summed E-state index contributed by atoms with van der Waals surface area (Å²) >= 11 is 0. The molecule has 0 heterocycles. The van der Waals surface area contributed by atoms with Crippen LogP contribution in [-0.4, -0.2) is 64.5 Å². The Hall–Kier alpha value is -5.46. The Labute approximate surface area is 234 Å². The number of carboxylic acid groups (broad SMARTS) is 2. The summed E-state index contributed by atoms with van der Waals surface area (Å²) in [5.41, 5.74) is 12.0. The van der Waals surface area contributed by atoms with E-state index in [2.05, 4.69) is 20.9 Å². The van der Waals surface area contributed by atoms with Crippen molar-refractivity contribution < 1.29 is 34.2 Å². The van der Waals surface area contributed by atoms with E-state index in [0.717, 1.165) is 10.8 Å². The molecule has 13 heteroatoms. The number of fused-ring (bicyclic) bond motifs is 1. The molecule has 214 valence electrons. The summed E-state index contributed by atoms with van der Waals surface area (Å²) in [6.45, 7) is -0.111. The molecule has 2 atom stereocenters. The lowest BCUT2D eigenvalue weighted by molar-refractivity contribution is -0.143. The Kier molecular flexibility index (Phi) is 10.3. The van der Waals surface area contributed by atoms with Crippen LogP contribution in [0.2, 0.25) is 0 Å². The fourth-order valence-corrected chi connectivity index (χ4v) is 4.04. The minimum Gasteiger partial charge on any atom is -0.481 e. The van der Waals surface area contributed by atoms with Crippen LogP contribution < -0.4 is 27.4 Å². The molecule has 0 bridgehead atoms. The van der Waals surface area contributed by atoms with Gasteiger partial charge >= 0.3 is 11.9 Å². The van der Waals surface area contributed by atoms with Crippen LogP contribution in [0.15, 0.2) is 71.7 Å². The number of carbonyl (C=O) groups excluding carboxylic acids is 3. The number of guanidine groups is 1. The number of carbonyl (C=O) groups is 5. The van der Waals surface area contributed by atoms with E-state index in [4.69, 9.17) is 11.5 Å². The van der Waals surface area contributed by atoms with E-state index in [-0.39, 0.29) is 30.9 Å². The van der Waals surface area contributed by atoms with E-state index in [1.807, 2.05) is 30.3 Å². The van der Waals surface area contributed by atoms with Crippen molar-refractivity contribution >= 4 is 52.1 Å². The third kappa shape index (κ3) is 9.06. The first-order valence-electron chi connectivity index (χ1n) is 12.5. The van der Waals surface area contributed by atoms with Crippen LogP contribution in [0.25, 0.3) is 10.8 Å². The molecule has 0 spiro atoms. The van der Waals surface area contributed by atoms with Gasteiger partial charge in [0.1, 0.15) is 12.1 Å². The zero-order valence-corrected chi connectivity index (χ0v) is 21.9. The number of hydrogen-bond acceptors (Lipinski definition) is 6. The summed E-state index contributed by atoms with van der Waals surface area (Å²) in [6, 6.07) is 15.9. The van der Waals surface area contributed by atoms with Crippen molar-refractivity contribution in [2.45, 2.75) is 31.3 Å². The highest BCUT2D eigenvalue weighted by molar-refractivity contribution is 5.96. The average molecular weight is 563 g/mol. The van der Waals surface area contributed by atoms with Crippen molar-refractivity contribution in [2.24, 2.45) is 16.5 Å². The molecule has 3 amide bonds. The number of hydrogen-bond donors (Lipinski definition) is 7. The van der Waals surface area contributed by atoms with Gasteiger partial charge in [0.15, 0.2) is 5.96 Å². The van der Waals surface area contributed by atoms with Crippen LogP contribution in [0.5, 0.6) is 0 Å². The van der Waals surface area contributed by atoms with E-state index in [1.165, 1.54) is 24.3 Å². The number of nitrogens with two attached hydrogens (primary N) is 2. The van der Waals surface area contributed by atoms with E-state index in [9.17, 15) is 34.2 Å². The summed E-state index contributed by atoms with van der Waals surface area (Å²) in [5.74, 6) is -4.98. The maximum absolute atomic E-state index is 12.9. The van der Waals surface area contributed by atoms with Crippen molar-refractivity contribution in [3.63, 3.8) is 0 Å². The lowest BCUT2D eigenvalue weighted by atomic mass is 9.98. The number of nitrogens with zero attached hydrogens (tertiary/aromatic N) is 1. The second-order valence-electron chi connectivity index (χ2n) is 9.05. The largest absolute Gasteiger partial charge is 0.481 e. The Morgan fingerprint density at radius 2 is 1.51 bits per heavy atom. The molecule has 41 heavy (non-hydrogen) atoms. The quantitative estimate of drug-likeness (QED) is 0.114. The molecule has 3 rings (SSSR count). The SMILES string of the molecule is NC(N)=Nc1ccc(C(=O)NCCC(=O)N[C@@H](CC(=O)O)C(=O)N[C@H](Cc2cccc3ccccc23)C(=O)O)cc1.